The Morgan fingerprint density at radius 3 is 2.44 bits per heavy atom. The predicted octanol–water partition coefficient (Wildman–Crippen LogP) is 4.01. The number of aromatic nitrogens is 1. The molecule has 0 aliphatic carbocycles. The molecule has 18 heavy (non-hydrogen) atoms. The fourth-order valence-corrected chi connectivity index (χ4v) is 3.16. The number of thiazole rings is 1. The van der Waals surface area contributed by atoms with Gasteiger partial charge >= 0.3 is 0 Å². The van der Waals surface area contributed by atoms with E-state index in [1.807, 2.05) is 0 Å². The van der Waals surface area contributed by atoms with Crippen LogP contribution in [0, 0.1) is 5.92 Å². The van der Waals surface area contributed by atoms with E-state index >= 15 is 0 Å². The van der Waals surface area contributed by atoms with Crippen molar-refractivity contribution in [1.29, 1.82) is 0 Å². The van der Waals surface area contributed by atoms with Crippen molar-refractivity contribution in [1.82, 2.24) is 10.3 Å². The maximum atomic E-state index is 4.79. The van der Waals surface area contributed by atoms with Crippen molar-refractivity contribution in [3.63, 3.8) is 0 Å². The second-order valence-corrected chi connectivity index (χ2v) is 7.41. The second kappa shape index (κ2) is 6.67. The fraction of sp³-hybridized carbons (Fsp3) is 0.800. The predicted molar refractivity (Wildman–Crippen MR) is 81.4 cm³/mol. The molecule has 1 aromatic rings. The summed E-state index contributed by atoms with van der Waals surface area (Å²) in [5.74, 6) is 0.732. The van der Waals surface area contributed by atoms with E-state index in [4.69, 9.17) is 4.98 Å². The van der Waals surface area contributed by atoms with Crippen LogP contribution < -0.4 is 5.32 Å². The van der Waals surface area contributed by atoms with E-state index in [1.165, 1.54) is 17.1 Å². The van der Waals surface area contributed by atoms with Crippen LogP contribution in [0.4, 0.5) is 0 Å². The van der Waals surface area contributed by atoms with Crippen LogP contribution in [0.2, 0.25) is 0 Å². The fourth-order valence-electron chi connectivity index (χ4n) is 2.06. The van der Waals surface area contributed by atoms with Gasteiger partial charge in [-0.15, -0.1) is 11.3 Å². The molecule has 1 rings (SSSR count). The van der Waals surface area contributed by atoms with Crippen LogP contribution in [0.5, 0.6) is 0 Å². The van der Waals surface area contributed by atoms with Gasteiger partial charge in [-0.05, 0) is 18.9 Å². The molecule has 0 aliphatic rings. The molecule has 0 fully saturated rings. The first-order chi connectivity index (χ1) is 8.32. The first-order valence-corrected chi connectivity index (χ1v) is 7.89. The van der Waals surface area contributed by atoms with Crippen molar-refractivity contribution in [2.24, 2.45) is 5.92 Å². The van der Waals surface area contributed by atoms with E-state index in [9.17, 15) is 0 Å². The van der Waals surface area contributed by atoms with Crippen molar-refractivity contribution < 1.29 is 0 Å². The van der Waals surface area contributed by atoms with E-state index in [1.54, 1.807) is 11.3 Å². The third-order valence-corrected chi connectivity index (χ3v) is 3.86. The average molecular weight is 268 g/mol. The summed E-state index contributed by atoms with van der Waals surface area (Å²) in [6.45, 7) is 14.5. The maximum absolute atomic E-state index is 4.79. The van der Waals surface area contributed by atoms with Crippen LogP contribution in [0.15, 0.2) is 5.38 Å². The summed E-state index contributed by atoms with van der Waals surface area (Å²) in [7, 11) is 0. The first-order valence-electron chi connectivity index (χ1n) is 7.01. The van der Waals surface area contributed by atoms with Crippen molar-refractivity contribution in [3.05, 3.63) is 16.1 Å². The zero-order valence-corrected chi connectivity index (χ0v) is 13.5. The van der Waals surface area contributed by atoms with Crippen LogP contribution in [-0.2, 0) is 11.8 Å². The largest absolute Gasteiger partial charge is 0.314 e. The van der Waals surface area contributed by atoms with Gasteiger partial charge in [0.05, 0.1) is 10.7 Å². The van der Waals surface area contributed by atoms with Crippen molar-refractivity contribution in [2.75, 3.05) is 6.54 Å². The third-order valence-electron chi connectivity index (χ3n) is 2.99. The topological polar surface area (TPSA) is 24.9 Å². The number of nitrogens with zero attached hydrogens (tertiary/aromatic N) is 1. The SMILES string of the molecule is CCNC(Cc1nc(C(C)(C)C)cs1)CC(C)C. The van der Waals surface area contributed by atoms with Crippen molar-refractivity contribution in [2.45, 2.75) is 65.8 Å². The summed E-state index contributed by atoms with van der Waals surface area (Å²) in [6.07, 6.45) is 2.28. The van der Waals surface area contributed by atoms with E-state index in [0.29, 0.717) is 6.04 Å². The summed E-state index contributed by atoms with van der Waals surface area (Å²) in [5.41, 5.74) is 1.39. The number of likely N-dealkylation sites (N-methyl/N-ethyl adjacent to an activating group) is 1. The summed E-state index contributed by atoms with van der Waals surface area (Å²) >= 11 is 1.81. The quantitative estimate of drug-likeness (QED) is 0.843. The molecule has 104 valence electrons. The number of rotatable bonds is 6. The van der Waals surface area contributed by atoms with Gasteiger partial charge in [-0.25, -0.2) is 4.98 Å². The summed E-state index contributed by atoms with van der Waals surface area (Å²) in [4.78, 5) is 4.79. The lowest BCUT2D eigenvalue weighted by molar-refractivity contribution is 0.422. The Kier molecular flexibility index (Phi) is 5.80. The van der Waals surface area contributed by atoms with Gasteiger partial charge in [0.25, 0.3) is 0 Å². The molecule has 3 heteroatoms. The molecule has 0 amide bonds. The minimum atomic E-state index is 0.167. The molecule has 0 radical (unpaired) electrons. The van der Waals surface area contributed by atoms with E-state index < -0.39 is 0 Å². The molecule has 1 atom stereocenters. The van der Waals surface area contributed by atoms with Crippen LogP contribution in [0.25, 0.3) is 0 Å². The molecule has 1 aromatic heterocycles. The maximum Gasteiger partial charge on any atom is 0.0944 e. The van der Waals surface area contributed by atoms with Gasteiger partial charge in [-0.3, -0.25) is 0 Å². The zero-order valence-electron chi connectivity index (χ0n) is 12.7. The number of hydrogen-bond donors (Lipinski definition) is 1. The van der Waals surface area contributed by atoms with E-state index in [0.717, 1.165) is 18.9 Å². The second-order valence-electron chi connectivity index (χ2n) is 6.46. The Bertz CT molecular complexity index is 350. The van der Waals surface area contributed by atoms with Crippen molar-refractivity contribution in [3.8, 4) is 0 Å². The normalized spacial score (nSPS) is 14.2. The van der Waals surface area contributed by atoms with Gasteiger partial charge in [-0.2, -0.15) is 0 Å². The van der Waals surface area contributed by atoms with Gasteiger partial charge < -0.3 is 5.32 Å². The van der Waals surface area contributed by atoms with Gasteiger partial charge in [0.2, 0.25) is 0 Å². The Labute approximate surface area is 116 Å². The number of hydrogen-bond acceptors (Lipinski definition) is 3. The van der Waals surface area contributed by atoms with Crippen molar-refractivity contribution >= 4 is 11.3 Å². The van der Waals surface area contributed by atoms with E-state index in [2.05, 4.69) is 52.2 Å². The van der Waals surface area contributed by atoms with E-state index in [-0.39, 0.29) is 5.41 Å². The highest BCUT2D eigenvalue weighted by molar-refractivity contribution is 7.09. The Morgan fingerprint density at radius 2 is 2.00 bits per heavy atom. The summed E-state index contributed by atoms with van der Waals surface area (Å²) in [5, 5.41) is 7.06. The molecule has 1 heterocycles. The summed E-state index contributed by atoms with van der Waals surface area (Å²) in [6, 6.07) is 0.564. The van der Waals surface area contributed by atoms with Gasteiger partial charge in [-0.1, -0.05) is 41.5 Å². The molecule has 0 spiro atoms. The Balaban J connectivity index is 2.66. The first kappa shape index (κ1) is 15.6. The lowest BCUT2D eigenvalue weighted by Crippen LogP contribution is -2.32. The molecule has 0 saturated carbocycles. The van der Waals surface area contributed by atoms with Gasteiger partial charge in [0.1, 0.15) is 0 Å². The smallest absolute Gasteiger partial charge is 0.0944 e. The highest BCUT2D eigenvalue weighted by Gasteiger charge is 2.19. The minimum absolute atomic E-state index is 0.167. The highest BCUT2D eigenvalue weighted by atomic mass is 32.1. The third kappa shape index (κ3) is 5.07. The minimum Gasteiger partial charge on any atom is -0.314 e. The van der Waals surface area contributed by atoms with Gasteiger partial charge in [0.15, 0.2) is 0 Å². The molecule has 1 unspecified atom stereocenters. The summed E-state index contributed by atoms with van der Waals surface area (Å²) < 4.78 is 0. The Hall–Kier alpha value is -0.410. The molecule has 0 saturated heterocycles. The van der Waals surface area contributed by atoms with Crippen LogP contribution in [0.1, 0.15) is 58.7 Å². The average Bonchev–Trinajstić information content (AvgIpc) is 2.64. The molecule has 0 aliphatic heterocycles. The zero-order chi connectivity index (χ0) is 13.8. The molecule has 0 bridgehead atoms. The molecule has 1 N–H and O–H groups in total. The lowest BCUT2D eigenvalue weighted by atomic mass is 9.93. The monoisotopic (exact) mass is 268 g/mol. The molecule has 0 aromatic carbocycles. The number of nitrogens with one attached hydrogen (secondary N) is 1. The van der Waals surface area contributed by atoms with Crippen LogP contribution >= 0.6 is 11.3 Å². The molecule has 2 nitrogen and oxygen atoms in total. The van der Waals surface area contributed by atoms with Crippen LogP contribution in [0.3, 0.4) is 0 Å². The Morgan fingerprint density at radius 1 is 1.33 bits per heavy atom. The highest BCUT2D eigenvalue weighted by Crippen LogP contribution is 2.25. The molecular weight excluding hydrogens is 240 g/mol. The van der Waals surface area contributed by atoms with Gasteiger partial charge in [0, 0.05) is 23.3 Å². The molecular formula is C15H28N2S. The van der Waals surface area contributed by atoms with Crippen LogP contribution in [-0.4, -0.2) is 17.6 Å². The lowest BCUT2D eigenvalue weighted by Gasteiger charge is -2.19. The standard InChI is InChI=1S/C15H28N2S/c1-7-16-12(8-11(2)3)9-14-17-13(10-18-14)15(4,5)6/h10-12,16H,7-9H2,1-6H3.